The monoisotopic (exact) mass is 519 g/mol. The van der Waals surface area contributed by atoms with Crippen LogP contribution in [0.3, 0.4) is 0 Å². The van der Waals surface area contributed by atoms with E-state index in [1.54, 1.807) is 25.7 Å². The van der Waals surface area contributed by atoms with E-state index in [9.17, 15) is 23.6 Å². The van der Waals surface area contributed by atoms with E-state index in [4.69, 9.17) is 14.2 Å². The maximum atomic E-state index is 14.7. The highest BCUT2D eigenvalue weighted by molar-refractivity contribution is 5.99. The second-order valence-electron chi connectivity index (χ2n) is 10.1. The van der Waals surface area contributed by atoms with Crippen molar-refractivity contribution < 1.29 is 37.8 Å². The zero-order valence-electron chi connectivity index (χ0n) is 21.5. The smallest absolute Gasteiger partial charge is 0.310 e. The van der Waals surface area contributed by atoms with Gasteiger partial charge in [-0.25, -0.2) is 4.39 Å². The first-order valence-corrected chi connectivity index (χ1v) is 12.7. The molecule has 1 aliphatic carbocycles. The Labute approximate surface area is 215 Å². The summed E-state index contributed by atoms with van der Waals surface area (Å²) < 4.78 is 30.3. The maximum Gasteiger partial charge on any atom is 0.310 e. The minimum Gasteiger partial charge on any atom is -0.494 e. The summed E-state index contributed by atoms with van der Waals surface area (Å²) >= 11 is 0. The number of carbonyl (C=O) groups excluding carboxylic acids is 4. The number of benzene rings is 1. The second kappa shape index (κ2) is 11.0. The molecular weight excluding hydrogens is 485 g/mol. The quantitative estimate of drug-likeness (QED) is 0.477. The van der Waals surface area contributed by atoms with Crippen molar-refractivity contribution in [2.75, 3.05) is 13.7 Å². The summed E-state index contributed by atoms with van der Waals surface area (Å²) in [5.74, 6) is -3.21. The predicted octanol–water partition coefficient (Wildman–Crippen LogP) is 1.76. The van der Waals surface area contributed by atoms with Crippen LogP contribution in [0.25, 0.3) is 0 Å². The third-order valence-corrected chi connectivity index (χ3v) is 7.38. The number of cyclic esters (lactones) is 1. The van der Waals surface area contributed by atoms with Crippen molar-refractivity contribution in [3.05, 3.63) is 29.6 Å². The Morgan fingerprint density at radius 2 is 2.00 bits per heavy atom. The number of nitrogens with zero attached hydrogens (tertiary/aromatic N) is 1. The molecule has 1 aromatic rings. The molecule has 2 N–H and O–H groups in total. The summed E-state index contributed by atoms with van der Waals surface area (Å²) in [5, 5.41) is 5.54. The topological polar surface area (TPSA) is 123 Å². The Hall–Kier alpha value is -3.21. The van der Waals surface area contributed by atoms with Crippen molar-refractivity contribution in [1.82, 2.24) is 15.5 Å². The van der Waals surface area contributed by atoms with Gasteiger partial charge < -0.3 is 29.7 Å². The molecule has 4 rings (SSSR count). The van der Waals surface area contributed by atoms with Crippen LogP contribution in [-0.2, 0) is 23.9 Å². The zero-order valence-corrected chi connectivity index (χ0v) is 21.5. The third-order valence-electron chi connectivity index (χ3n) is 7.38. The van der Waals surface area contributed by atoms with Crippen molar-refractivity contribution in [3.63, 3.8) is 0 Å². The van der Waals surface area contributed by atoms with Gasteiger partial charge in [-0.15, -0.1) is 0 Å². The molecule has 1 saturated carbocycles. The molecule has 0 aromatic heterocycles. The van der Waals surface area contributed by atoms with E-state index in [0.29, 0.717) is 13.0 Å². The first-order chi connectivity index (χ1) is 17.7. The number of methoxy groups -OCH3 is 1. The van der Waals surface area contributed by atoms with Crippen LogP contribution >= 0.6 is 0 Å². The highest BCUT2D eigenvalue weighted by Gasteiger charge is 2.53. The summed E-state index contributed by atoms with van der Waals surface area (Å²) in [6, 6.07) is 1.73. The standard InChI is InChI=1S/C26H34FN3O7/c1-5-36-26-17(12-19(31)37-26)28-24(33)22-14-9-10-15(11-14)30(22)25(34)21(13(2)3)29-23(32)16-7-6-8-18(35-4)20(16)27/h6-8,13-15,17,21-22,26H,5,9-12H2,1-4H3,(H,28,33)(H,29,32)/t14-,15?,17?,21-,22?,26+/m0/s1. The number of nitrogens with one attached hydrogen (secondary N) is 2. The molecule has 0 radical (unpaired) electrons. The van der Waals surface area contributed by atoms with E-state index < -0.39 is 42.1 Å². The van der Waals surface area contributed by atoms with E-state index in [2.05, 4.69) is 10.6 Å². The van der Waals surface area contributed by atoms with Crippen LogP contribution in [0, 0.1) is 17.7 Å². The van der Waals surface area contributed by atoms with Gasteiger partial charge in [0.05, 0.1) is 19.1 Å². The van der Waals surface area contributed by atoms with Gasteiger partial charge in [0.1, 0.15) is 18.1 Å². The first kappa shape index (κ1) is 26.8. The molecule has 202 valence electrons. The third kappa shape index (κ3) is 5.27. The van der Waals surface area contributed by atoms with Crippen molar-refractivity contribution in [3.8, 4) is 5.75 Å². The number of hydrogen-bond donors (Lipinski definition) is 2. The first-order valence-electron chi connectivity index (χ1n) is 12.7. The average Bonchev–Trinajstić information content (AvgIpc) is 3.57. The molecule has 2 heterocycles. The molecule has 2 saturated heterocycles. The van der Waals surface area contributed by atoms with Crippen LogP contribution in [0.2, 0.25) is 0 Å². The van der Waals surface area contributed by atoms with Gasteiger partial charge in [-0.2, -0.15) is 0 Å². The van der Waals surface area contributed by atoms with Crippen LogP contribution in [0.1, 0.15) is 56.8 Å². The van der Waals surface area contributed by atoms with E-state index in [1.165, 1.54) is 25.3 Å². The fourth-order valence-electron chi connectivity index (χ4n) is 5.62. The molecule has 3 aliphatic rings. The second-order valence-corrected chi connectivity index (χ2v) is 10.1. The molecule has 37 heavy (non-hydrogen) atoms. The molecule has 0 spiro atoms. The molecule has 6 atom stereocenters. The molecule has 2 bridgehead atoms. The molecule has 11 heteroatoms. The van der Waals surface area contributed by atoms with Gasteiger partial charge in [0, 0.05) is 12.6 Å². The van der Waals surface area contributed by atoms with E-state index in [0.717, 1.165) is 12.8 Å². The number of hydrogen-bond acceptors (Lipinski definition) is 7. The highest BCUT2D eigenvalue weighted by Crippen LogP contribution is 2.43. The van der Waals surface area contributed by atoms with Crippen LogP contribution in [0.15, 0.2) is 18.2 Å². The predicted molar refractivity (Wildman–Crippen MR) is 129 cm³/mol. The van der Waals surface area contributed by atoms with Gasteiger partial charge in [-0.3, -0.25) is 19.2 Å². The number of likely N-dealkylation sites (tertiary alicyclic amines) is 1. The summed E-state index contributed by atoms with van der Waals surface area (Å²) in [5.41, 5.74) is -0.233. The summed E-state index contributed by atoms with van der Waals surface area (Å²) in [7, 11) is 1.30. The molecule has 3 fully saturated rings. The average molecular weight is 520 g/mol. The number of halogens is 1. The molecule has 3 amide bonds. The number of ether oxygens (including phenoxy) is 3. The Morgan fingerprint density at radius 3 is 2.68 bits per heavy atom. The number of rotatable bonds is 9. The summed E-state index contributed by atoms with van der Waals surface area (Å²) in [6.07, 6.45) is 1.36. The Bertz CT molecular complexity index is 1060. The van der Waals surface area contributed by atoms with Gasteiger partial charge >= 0.3 is 5.97 Å². The molecule has 1 aromatic carbocycles. The molecular formula is C26H34FN3O7. The number of piperidine rings is 1. The molecule has 10 nitrogen and oxygen atoms in total. The normalized spacial score (nSPS) is 27.2. The minimum absolute atomic E-state index is 0.0120. The fourth-order valence-corrected chi connectivity index (χ4v) is 5.62. The van der Waals surface area contributed by atoms with Gasteiger partial charge in [-0.05, 0) is 50.2 Å². The van der Waals surface area contributed by atoms with Crippen LogP contribution in [0.4, 0.5) is 4.39 Å². The lowest BCUT2D eigenvalue weighted by Crippen LogP contribution is -2.60. The van der Waals surface area contributed by atoms with Crippen LogP contribution in [0.5, 0.6) is 5.75 Å². The molecule has 2 aliphatic heterocycles. The van der Waals surface area contributed by atoms with Crippen LogP contribution < -0.4 is 15.4 Å². The lowest BCUT2D eigenvalue weighted by Gasteiger charge is -2.38. The van der Waals surface area contributed by atoms with Gasteiger partial charge in [0.15, 0.2) is 11.6 Å². The maximum absolute atomic E-state index is 14.7. The highest BCUT2D eigenvalue weighted by atomic mass is 19.1. The number of fused-ring (bicyclic) bond motifs is 2. The lowest BCUT2D eigenvalue weighted by molar-refractivity contribution is -0.165. The van der Waals surface area contributed by atoms with E-state index >= 15 is 0 Å². The minimum atomic E-state index is -0.972. The van der Waals surface area contributed by atoms with Crippen LogP contribution in [-0.4, -0.2) is 72.8 Å². The Balaban J connectivity index is 1.52. The number of esters is 1. The van der Waals surface area contributed by atoms with Gasteiger partial charge in [0.25, 0.3) is 5.91 Å². The largest absolute Gasteiger partial charge is 0.494 e. The number of carbonyl (C=O) groups is 4. The molecule has 3 unspecified atom stereocenters. The zero-order chi connectivity index (χ0) is 26.9. The van der Waals surface area contributed by atoms with Crippen molar-refractivity contribution >= 4 is 23.7 Å². The van der Waals surface area contributed by atoms with E-state index in [1.807, 2.05) is 0 Å². The van der Waals surface area contributed by atoms with E-state index in [-0.39, 0.29) is 47.4 Å². The van der Waals surface area contributed by atoms with Crippen molar-refractivity contribution in [2.24, 2.45) is 11.8 Å². The van der Waals surface area contributed by atoms with Gasteiger partial charge in [-0.1, -0.05) is 19.9 Å². The van der Waals surface area contributed by atoms with Crippen molar-refractivity contribution in [2.45, 2.75) is 76.9 Å². The van der Waals surface area contributed by atoms with Gasteiger partial charge in [0.2, 0.25) is 18.1 Å². The Kier molecular flexibility index (Phi) is 8.01. The lowest BCUT2D eigenvalue weighted by atomic mass is 9.95. The number of amides is 3. The Morgan fingerprint density at radius 1 is 1.24 bits per heavy atom. The summed E-state index contributed by atoms with van der Waals surface area (Å²) in [6.45, 7) is 5.64. The summed E-state index contributed by atoms with van der Waals surface area (Å²) in [4.78, 5) is 53.6. The fraction of sp³-hybridized carbons (Fsp3) is 0.615. The van der Waals surface area contributed by atoms with Crippen molar-refractivity contribution in [1.29, 1.82) is 0 Å². The SMILES string of the molecule is CCO[C@@H]1OC(=O)CC1NC(=O)C1[C@H]2CCC(C2)N1C(=O)[C@@H](NC(=O)c1cccc(OC)c1F)C(C)C.